The number of hydrogen-bond donors (Lipinski definition) is 0. The second kappa shape index (κ2) is 6.72. The van der Waals surface area contributed by atoms with Crippen LogP contribution in [-0.2, 0) is 0 Å². The van der Waals surface area contributed by atoms with Crippen LogP contribution in [-0.4, -0.2) is 54.8 Å². The van der Waals surface area contributed by atoms with Crippen LogP contribution in [0.25, 0.3) is 0 Å². The van der Waals surface area contributed by atoms with Crippen molar-refractivity contribution in [3.63, 3.8) is 0 Å². The van der Waals surface area contributed by atoms with E-state index in [1.54, 1.807) is 0 Å². The molecule has 0 heterocycles. The second-order valence-corrected chi connectivity index (χ2v) is 5.81. The zero-order valence-corrected chi connectivity index (χ0v) is 10.8. The summed E-state index contributed by atoms with van der Waals surface area (Å²) in [5, 5.41) is 0. The molecule has 0 aromatic heterocycles. The summed E-state index contributed by atoms with van der Waals surface area (Å²) in [5.41, 5.74) is 0. The van der Waals surface area contributed by atoms with Gasteiger partial charge in [0.25, 0.3) is 0 Å². The van der Waals surface area contributed by atoms with Crippen LogP contribution in [0.1, 0.15) is 20.8 Å². The summed E-state index contributed by atoms with van der Waals surface area (Å²) in [7, 11) is 6.28. The standard InChI is InChI=1S/C9H24N3P/c1-7-11(6)13(10(4)5)12(8-2)9-3/h7-9H2,1-6H3. The minimum atomic E-state index is -0.245. The third-order valence-corrected chi connectivity index (χ3v) is 4.78. The Morgan fingerprint density at radius 3 is 1.54 bits per heavy atom. The van der Waals surface area contributed by atoms with Crippen LogP contribution in [0.5, 0.6) is 0 Å². The van der Waals surface area contributed by atoms with E-state index < -0.39 is 0 Å². The Labute approximate surface area is 84.6 Å². The molecule has 13 heavy (non-hydrogen) atoms. The Morgan fingerprint density at radius 1 is 0.846 bits per heavy atom. The predicted octanol–water partition coefficient (Wildman–Crippen LogP) is 2.07. The molecule has 0 radical (unpaired) electrons. The molecule has 80 valence electrons. The molecule has 0 amide bonds. The third-order valence-electron chi connectivity index (χ3n) is 2.10. The van der Waals surface area contributed by atoms with Gasteiger partial charge >= 0.3 is 0 Å². The van der Waals surface area contributed by atoms with E-state index in [-0.39, 0.29) is 8.37 Å². The van der Waals surface area contributed by atoms with Gasteiger partial charge in [0.1, 0.15) is 8.37 Å². The van der Waals surface area contributed by atoms with E-state index in [9.17, 15) is 0 Å². The van der Waals surface area contributed by atoms with Crippen molar-refractivity contribution in [3.05, 3.63) is 0 Å². The largest absolute Gasteiger partial charge is 0.263 e. The van der Waals surface area contributed by atoms with Crippen molar-refractivity contribution < 1.29 is 0 Å². The van der Waals surface area contributed by atoms with Crippen LogP contribution >= 0.6 is 8.37 Å². The van der Waals surface area contributed by atoms with Gasteiger partial charge in [-0.15, -0.1) is 0 Å². The highest BCUT2D eigenvalue weighted by Gasteiger charge is 2.21. The minimum absolute atomic E-state index is 0.245. The van der Waals surface area contributed by atoms with Crippen LogP contribution in [0.3, 0.4) is 0 Å². The average Bonchev–Trinajstić information content (AvgIpc) is 2.12. The topological polar surface area (TPSA) is 9.72 Å². The summed E-state index contributed by atoms with van der Waals surface area (Å²) in [4.78, 5) is 0. The number of hydrogen-bond acceptors (Lipinski definition) is 3. The molecule has 0 saturated heterocycles. The van der Waals surface area contributed by atoms with Crippen molar-refractivity contribution >= 4 is 8.37 Å². The quantitative estimate of drug-likeness (QED) is 0.615. The predicted molar refractivity (Wildman–Crippen MR) is 61.8 cm³/mol. The fourth-order valence-electron chi connectivity index (χ4n) is 1.38. The molecule has 0 aromatic carbocycles. The Hall–Kier alpha value is 0.310. The molecule has 1 atom stereocenters. The maximum atomic E-state index is 2.51. The van der Waals surface area contributed by atoms with E-state index in [1.165, 1.54) is 0 Å². The zero-order chi connectivity index (χ0) is 10.4. The fourth-order valence-corrected chi connectivity index (χ4v) is 3.68. The van der Waals surface area contributed by atoms with E-state index in [0.717, 1.165) is 19.6 Å². The number of nitrogens with zero attached hydrogens (tertiary/aromatic N) is 3. The van der Waals surface area contributed by atoms with Gasteiger partial charge in [0.15, 0.2) is 0 Å². The summed E-state index contributed by atoms with van der Waals surface area (Å²) < 4.78 is 7.26. The molecular weight excluding hydrogens is 181 g/mol. The van der Waals surface area contributed by atoms with Crippen LogP contribution < -0.4 is 0 Å². The summed E-state index contributed by atoms with van der Waals surface area (Å²) in [6.07, 6.45) is 0. The summed E-state index contributed by atoms with van der Waals surface area (Å²) in [5.74, 6) is 0. The van der Waals surface area contributed by atoms with E-state index >= 15 is 0 Å². The molecule has 0 aliphatic carbocycles. The lowest BCUT2D eigenvalue weighted by molar-refractivity contribution is 0.404. The highest BCUT2D eigenvalue weighted by molar-refractivity contribution is 7.50. The Kier molecular flexibility index (Phi) is 6.88. The molecule has 3 nitrogen and oxygen atoms in total. The normalized spacial score (nSPS) is 14.5. The zero-order valence-electron chi connectivity index (χ0n) is 9.91. The maximum absolute atomic E-state index is 2.51. The molecule has 0 N–H and O–H groups in total. The van der Waals surface area contributed by atoms with Crippen molar-refractivity contribution in [3.8, 4) is 0 Å². The first-order valence-corrected chi connectivity index (χ1v) is 6.21. The highest BCUT2D eigenvalue weighted by Crippen LogP contribution is 2.44. The van der Waals surface area contributed by atoms with Crippen LogP contribution in [0.15, 0.2) is 0 Å². The Bertz CT molecular complexity index is 126. The van der Waals surface area contributed by atoms with Gasteiger partial charge in [0, 0.05) is 19.6 Å². The summed E-state index contributed by atoms with van der Waals surface area (Å²) >= 11 is 0. The first-order chi connectivity index (χ1) is 6.08. The average molecular weight is 205 g/mol. The maximum Gasteiger partial charge on any atom is 0.119 e. The van der Waals surface area contributed by atoms with Crippen molar-refractivity contribution in [1.29, 1.82) is 0 Å². The van der Waals surface area contributed by atoms with Gasteiger partial charge in [0.05, 0.1) is 0 Å². The Morgan fingerprint density at radius 2 is 1.31 bits per heavy atom. The summed E-state index contributed by atoms with van der Waals surface area (Å²) in [6, 6.07) is 0. The molecule has 0 rings (SSSR count). The van der Waals surface area contributed by atoms with Crippen molar-refractivity contribution in [2.24, 2.45) is 0 Å². The molecule has 0 fully saturated rings. The fraction of sp³-hybridized carbons (Fsp3) is 1.00. The molecule has 0 bridgehead atoms. The van der Waals surface area contributed by atoms with Gasteiger partial charge in [0.2, 0.25) is 0 Å². The molecule has 0 spiro atoms. The summed E-state index contributed by atoms with van der Waals surface area (Å²) in [6.45, 7) is 10.0. The van der Waals surface area contributed by atoms with E-state index in [2.05, 4.69) is 55.9 Å². The van der Waals surface area contributed by atoms with Gasteiger partial charge in [-0.05, 0) is 21.1 Å². The van der Waals surface area contributed by atoms with E-state index in [4.69, 9.17) is 0 Å². The minimum Gasteiger partial charge on any atom is -0.263 e. The highest BCUT2D eigenvalue weighted by atomic mass is 31.2. The van der Waals surface area contributed by atoms with Gasteiger partial charge in [-0.25, -0.2) is 0 Å². The first-order valence-electron chi connectivity index (χ1n) is 5.01. The molecule has 0 aliphatic heterocycles. The first kappa shape index (κ1) is 13.3. The van der Waals surface area contributed by atoms with Crippen LogP contribution in [0.2, 0.25) is 0 Å². The monoisotopic (exact) mass is 205 g/mol. The Balaban J connectivity index is 4.38. The van der Waals surface area contributed by atoms with Crippen molar-refractivity contribution in [2.75, 3.05) is 40.8 Å². The SMILES string of the molecule is CCN(C)P(N(C)C)N(CC)CC. The van der Waals surface area contributed by atoms with Crippen LogP contribution in [0.4, 0.5) is 0 Å². The lowest BCUT2D eigenvalue weighted by Gasteiger charge is -2.39. The van der Waals surface area contributed by atoms with Crippen molar-refractivity contribution in [1.82, 2.24) is 14.0 Å². The lowest BCUT2D eigenvalue weighted by atomic mass is 10.7. The van der Waals surface area contributed by atoms with E-state index in [0.29, 0.717) is 0 Å². The number of rotatable bonds is 6. The van der Waals surface area contributed by atoms with E-state index in [1.807, 2.05) is 0 Å². The molecule has 0 saturated carbocycles. The van der Waals surface area contributed by atoms with Gasteiger partial charge in [-0.3, -0.25) is 14.0 Å². The smallest absolute Gasteiger partial charge is 0.119 e. The van der Waals surface area contributed by atoms with Crippen molar-refractivity contribution in [2.45, 2.75) is 20.8 Å². The molecule has 1 unspecified atom stereocenters. The lowest BCUT2D eigenvalue weighted by Crippen LogP contribution is -2.32. The van der Waals surface area contributed by atoms with Gasteiger partial charge in [-0.2, -0.15) is 0 Å². The van der Waals surface area contributed by atoms with Gasteiger partial charge < -0.3 is 0 Å². The molecular formula is C9H24N3P. The van der Waals surface area contributed by atoms with Gasteiger partial charge in [-0.1, -0.05) is 20.8 Å². The molecule has 0 aliphatic rings. The van der Waals surface area contributed by atoms with Crippen LogP contribution in [0, 0.1) is 0 Å². The second-order valence-electron chi connectivity index (χ2n) is 3.23. The molecule has 4 heteroatoms. The molecule has 0 aromatic rings. The third kappa shape index (κ3) is 3.90.